The van der Waals surface area contributed by atoms with Crippen LogP contribution in [-0.4, -0.2) is 18.1 Å². The molecule has 1 N–H and O–H groups in total. The van der Waals surface area contributed by atoms with Crippen molar-refractivity contribution in [3.8, 4) is 0 Å². The Morgan fingerprint density at radius 2 is 2.00 bits per heavy atom. The molecule has 1 fully saturated rings. The molecule has 0 unspecified atom stereocenters. The van der Waals surface area contributed by atoms with Crippen LogP contribution in [0.5, 0.6) is 0 Å². The first-order valence-corrected chi connectivity index (χ1v) is 6.51. The summed E-state index contributed by atoms with van der Waals surface area (Å²) in [6.45, 7) is 6.58. The highest BCUT2D eigenvalue weighted by atomic mass is 35.5. The van der Waals surface area contributed by atoms with Gasteiger partial charge in [-0.3, -0.25) is 10.1 Å². The van der Waals surface area contributed by atoms with E-state index in [1.165, 1.54) is 5.56 Å². The highest BCUT2D eigenvalue weighted by molar-refractivity contribution is 5.85. The monoisotopic (exact) mass is 283 g/mol. The van der Waals surface area contributed by atoms with Gasteiger partial charge in [-0.15, -0.1) is 12.4 Å². The van der Waals surface area contributed by atoms with E-state index in [0.29, 0.717) is 12.5 Å². The van der Waals surface area contributed by atoms with E-state index in [-0.39, 0.29) is 24.4 Å². The lowest BCUT2D eigenvalue weighted by molar-refractivity contribution is -0.159. The number of halogens is 1. The highest BCUT2D eigenvalue weighted by Crippen LogP contribution is 2.28. The lowest BCUT2D eigenvalue weighted by Crippen LogP contribution is -2.57. The van der Waals surface area contributed by atoms with E-state index in [9.17, 15) is 4.79 Å². The summed E-state index contributed by atoms with van der Waals surface area (Å²) in [4.78, 5) is 11.9. The molecule has 1 aromatic rings. The van der Waals surface area contributed by atoms with E-state index in [0.717, 1.165) is 6.42 Å². The van der Waals surface area contributed by atoms with E-state index in [1.54, 1.807) is 0 Å². The van der Waals surface area contributed by atoms with Gasteiger partial charge in [0.2, 0.25) is 0 Å². The van der Waals surface area contributed by atoms with Crippen LogP contribution in [0.2, 0.25) is 0 Å². The number of nitrogens with one attached hydrogen (secondary N) is 1. The molecule has 0 saturated carbocycles. The number of benzene rings is 1. The van der Waals surface area contributed by atoms with Gasteiger partial charge in [-0.2, -0.15) is 0 Å². The SMILES string of the molecule is CC(C)C[C@]1(C)N[C@@H](c2ccccc2)COC1=O.Cl. The molecule has 0 spiro atoms. The minimum atomic E-state index is -0.576. The topological polar surface area (TPSA) is 38.3 Å². The quantitative estimate of drug-likeness (QED) is 0.867. The number of morpholine rings is 1. The second-order valence-corrected chi connectivity index (χ2v) is 5.64. The fraction of sp³-hybridized carbons (Fsp3) is 0.533. The van der Waals surface area contributed by atoms with E-state index in [2.05, 4.69) is 31.3 Å². The van der Waals surface area contributed by atoms with Crippen LogP contribution in [-0.2, 0) is 9.53 Å². The van der Waals surface area contributed by atoms with Gasteiger partial charge in [-0.1, -0.05) is 44.2 Å². The summed E-state index contributed by atoms with van der Waals surface area (Å²) in [6, 6.07) is 10.2. The highest BCUT2D eigenvalue weighted by Gasteiger charge is 2.41. The van der Waals surface area contributed by atoms with E-state index < -0.39 is 5.54 Å². The van der Waals surface area contributed by atoms with Gasteiger partial charge in [-0.05, 0) is 24.8 Å². The first-order valence-electron chi connectivity index (χ1n) is 6.51. The molecule has 3 nitrogen and oxygen atoms in total. The van der Waals surface area contributed by atoms with Crippen LogP contribution in [0, 0.1) is 5.92 Å². The zero-order chi connectivity index (χ0) is 13.2. The largest absolute Gasteiger partial charge is 0.462 e. The fourth-order valence-electron chi connectivity index (χ4n) is 2.63. The van der Waals surface area contributed by atoms with Crippen LogP contribution >= 0.6 is 12.4 Å². The van der Waals surface area contributed by atoms with Crippen molar-refractivity contribution >= 4 is 18.4 Å². The number of hydrogen-bond donors (Lipinski definition) is 1. The number of ether oxygens (including phenoxy) is 1. The molecule has 0 radical (unpaired) electrons. The van der Waals surface area contributed by atoms with Crippen LogP contribution in [0.3, 0.4) is 0 Å². The van der Waals surface area contributed by atoms with Gasteiger partial charge in [-0.25, -0.2) is 0 Å². The smallest absolute Gasteiger partial charge is 0.326 e. The Labute approximate surface area is 121 Å². The van der Waals surface area contributed by atoms with Gasteiger partial charge in [0.25, 0.3) is 0 Å². The molecular formula is C15H22ClNO2. The van der Waals surface area contributed by atoms with Gasteiger partial charge >= 0.3 is 5.97 Å². The van der Waals surface area contributed by atoms with Crippen molar-refractivity contribution in [1.29, 1.82) is 0 Å². The maximum atomic E-state index is 11.9. The van der Waals surface area contributed by atoms with E-state index >= 15 is 0 Å². The first-order chi connectivity index (χ1) is 8.51. The molecule has 0 aromatic heterocycles. The number of carbonyl (C=O) groups excluding carboxylic acids is 1. The third kappa shape index (κ3) is 3.71. The van der Waals surface area contributed by atoms with Crippen LogP contribution < -0.4 is 5.32 Å². The van der Waals surface area contributed by atoms with Gasteiger partial charge in [0, 0.05) is 0 Å². The molecule has 4 heteroatoms. The summed E-state index contributed by atoms with van der Waals surface area (Å²) in [7, 11) is 0. The van der Waals surface area contributed by atoms with E-state index in [1.807, 2.05) is 25.1 Å². The average molecular weight is 284 g/mol. The average Bonchev–Trinajstić information content (AvgIpc) is 2.33. The zero-order valence-corrected chi connectivity index (χ0v) is 12.5. The van der Waals surface area contributed by atoms with Crippen LogP contribution in [0.15, 0.2) is 30.3 Å². The molecule has 1 aliphatic rings. The molecule has 2 atom stereocenters. The Hall–Kier alpha value is -1.06. The first kappa shape index (κ1) is 16.0. The van der Waals surface area contributed by atoms with Crippen LogP contribution in [0.1, 0.15) is 38.8 Å². The molecule has 1 heterocycles. The fourth-order valence-corrected chi connectivity index (χ4v) is 2.63. The lowest BCUT2D eigenvalue weighted by atomic mass is 9.88. The number of hydrogen-bond acceptors (Lipinski definition) is 3. The molecule has 2 rings (SSSR count). The number of cyclic esters (lactones) is 1. The van der Waals surface area contributed by atoms with Crippen molar-refractivity contribution in [2.24, 2.45) is 5.92 Å². The summed E-state index contributed by atoms with van der Waals surface area (Å²) < 4.78 is 5.36. The minimum absolute atomic E-state index is 0. The Bertz CT molecular complexity index is 421. The van der Waals surface area contributed by atoms with Gasteiger partial charge in [0.15, 0.2) is 0 Å². The maximum Gasteiger partial charge on any atom is 0.326 e. The molecule has 1 saturated heterocycles. The van der Waals surface area contributed by atoms with Crippen molar-refractivity contribution in [1.82, 2.24) is 5.32 Å². The molecule has 1 aromatic carbocycles. The Morgan fingerprint density at radius 3 is 2.58 bits per heavy atom. The predicted octanol–water partition coefficient (Wildman–Crippen LogP) is 3.10. The Kier molecular flexibility index (Phi) is 5.39. The van der Waals surface area contributed by atoms with E-state index in [4.69, 9.17) is 4.74 Å². The third-order valence-electron chi connectivity index (χ3n) is 3.34. The summed E-state index contributed by atoms with van der Waals surface area (Å²) >= 11 is 0. The van der Waals surface area contributed by atoms with Crippen molar-refractivity contribution < 1.29 is 9.53 Å². The Balaban J connectivity index is 0.00000180. The normalized spacial score (nSPS) is 26.7. The second-order valence-electron chi connectivity index (χ2n) is 5.64. The summed E-state index contributed by atoms with van der Waals surface area (Å²) in [5.41, 5.74) is 0.590. The van der Waals surface area contributed by atoms with Gasteiger partial charge < -0.3 is 4.74 Å². The standard InChI is InChI=1S/C15H21NO2.ClH/c1-11(2)9-15(3)14(17)18-10-13(16-15)12-7-5-4-6-8-12;/h4-8,11,13,16H,9-10H2,1-3H3;1H/t13-,15+;/m1./s1. The predicted molar refractivity (Wildman–Crippen MR) is 78.4 cm³/mol. The van der Waals surface area contributed by atoms with Gasteiger partial charge in [0.1, 0.15) is 12.1 Å². The molecule has 1 aliphatic heterocycles. The van der Waals surface area contributed by atoms with Crippen molar-refractivity contribution in [3.63, 3.8) is 0 Å². The number of carbonyl (C=O) groups is 1. The van der Waals surface area contributed by atoms with Crippen molar-refractivity contribution in [2.45, 2.75) is 38.8 Å². The summed E-state index contributed by atoms with van der Waals surface area (Å²) in [5.74, 6) is 0.313. The summed E-state index contributed by atoms with van der Waals surface area (Å²) in [5, 5.41) is 3.45. The minimum Gasteiger partial charge on any atom is -0.462 e. The van der Waals surface area contributed by atoms with Crippen molar-refractivity contribution in [3.05, 3.63) is 35.9 Å². The molecular weight excluding hydrogens is 262 g/mol. The summed E-state index contributed by atoms with van der Waals surface area (Å²) in [6.07, 6.45) is 0.787. The molecule has 0 bridgehead atoms. The van der Waals surface area contributed by atoms with Crippen molar-refractivity contribution in [2.75, 3.05) is 6.61 Å². The molecule has 0 aliphatic carbocycles. The third-order valence-corrected chi connectivity index (χ3v) is 3.34. The second kappa shape index (κ2) is 6.40. The number of rotatable bonds is 3. The molecule has 19 heavy (non-hydrogen) atoms. The maximum absolute atomic E-state index is 11.9. The van der Waals surface area contributed by atoms with Crippen LogP contribution in [0.25, 0.3) is 0 Å². The van der Waals surface area contributed by atoms with Gasteiger partial charge in [0.05, 0.1) is 6.04 Å². The zero-order valence-electron chi connectivity index (χ0n) is 11.7. The molecule has 0 amide bonds. The molecule has 106 valence electrons. The lowest BCUT2D eigenvalue weighted by Gasteiger charge is -2.39. The Morgan fingerprint density at radius 1 is 1.37 bits per heavy atom. The van der Waals surface area contributed by atoms with Crippen LogP contribution in [0.4, 0.5) is 0 Å². The number of esters is 1.